The molecule has 2 aliphatic rings. The maximum Gasteiger partial charge on any atom is 0.323 e. The van der Waals surface area contributed by atoms with Crippen molar-refractivity contribution < 1.29 is 9.90 Å². The van der Waals surface area contributed by atoms with Crippen LogP contribution < -0.4 is 5.32 Å². The number of aliphatic carboxylic acids is 1. The number of fused-ring (bicyclic) bond motifs is 1. The zero-order valence-corrected chi connectivity index (χ0v) is 9.49. The highest BCUT2D eigenvalue weighted by molar-refractivity contribution is 5.77. The van der Waals surface area contributed by atoms with Gasteiger partial charge in [0.2, 0.25) is 0 Å². The lowest BCUT2D eigenvalue weighted by Crippen LogP contribution is -2.54. The molecule has 0 aromatic rings. The molecule has 0 radical (unpaired) electrons. The number of hydrogen-bond acceptors (Lipinski definition) is 3. The topological polar surface area (TPSA) is 52.6 Å². The third kappa shape index (κ3) is 2.01. The maximum absolute atomic E-state index is 11.0. The number of carbonyl (C=O) groups is 1. The molecule has 0 aromatic carbocycles. The van der Waals surface area contributed by atoms with E-state index in [-0.39, 0.29) is 0 Å². The summed E-state index contributed by atoms with van der Waals surface area (Å²) in [4.78, 5) is 13.5. The van der Waals surface area contributed by atoms with Crippen LogP contribution in [-0.4, -0.2) is 46.7 Å². The highest BCUT2D eigenvalue weighted by Crippen LogP contribution is 2.29. The van der Waals surface area contributed by atoms with Gasteiger partial charge in [-0.3, -0.25) is 15.0 Å². The van der Waals surface area contributed by atoms with Gasteiger partial charge in [-0.1, -0.05) is 0 Å². The lowest BCUT2D eigenvalue weighted by Gasteiger charge is -2.29. The van der Waals surface area contributed by atoms with Crippen molar-refractivity contribution >= 4 is 5.97 Å². The molecule has 2 heterocycles. The molecule has 4 heteroatoms. The first-order chi connectivity index (χ1) is 7.00. The van der Waals surface area contributed by atoms with E-state index in [1.165, 1.54) is 19.4 Å². The molecule has 0 saturated carbocycles. The fourth-order valence-corrected chi connectivity index (χ4v) is 2.78. The maximum atomic E-state index is 11.0. The van der Waals surface area contributed by atoms with Crippen molar-refractivity contribution in [1.82, 2.24) is 10.2 Å². The van der Waals surface area contributed by atoms with Gasteiger partial charge in [0.25, 0.3) is 0 Å². The number of carboxylic acids is 1. The van der Waals surface area contributed by atoms with Crippen LogP contribution in [0.5, 0.6) is 0 Å². The number of carboxylic acid groups (broad SMARTS) is 1. The quantitative estimate of drug-likeness (QED) is 0.722. The molecule has 2 saturated heterocycles. The molecule has 4 nitrogen and oxygen atoms in total. The Balaban J connectivity index is 1.98. The van der Waals surface area contributed by atoms with E-state index in [0.717, 1.165) is 13.0 Å². The number of hydrogen-bond donors (Lipinski definition) is 2. The second-order valence-corrected chi connectivity index (χ2v) is 5.22. The summed E-state index contributed by atoms with van der Waals surface area (Å²) >= 11 is 0. The van der Waals surface area contributed by atoms with E-state index in [0.29, 0.717) is 12.1 Å². The molecular formula is C11H20N2O2. The van der Waals surface area contributed by atoms with Gasteiger partial charge in [0, 0.05) is 18.6 Å². The Labute approximate surface area is 90.6 Å². The summed E-state index contributed by atoms with van der Waals surface area (Å²) in [6.45, 7) is 5.80. The van der Waals surface area contributed by atoms with Gasteiger partial charge in [-0.15, -0.1) is 0 Å². The van der Waals surface area contributed by atoms with Gasteiger partial charge in [-0.2, -0.15) is 0 Å². The second kappa shape index (κ2) is 3.76. The minimum absolute atomic E-state index is 0.360. The van der Waals surface area contributed by atoms with Gasteiger partial charge in [0.15, 0.2) is 0 Å². The summed E-state index contributed by atoms with van der Waals surface area (Å²) in [6.07, 6.45) is 3.56. The molecular weight excluding hydrogens is 192 g/mol. The smallest absolute Gasteiger partial charge is 0.323 e. The van der Waals surface area contributed by atoms with E-state index in [1.807, 2.05) is 0 Å². The molecule has 15 heavy (non-hydrogen) atoms. The van der Waals surface area contributed by atoms with Gasteiger partial charge < -0.3 is 5.11 Å². The van der Waals surface area contributed by atoms with Gasteiger partial charge in [-0.05, 0) is 39.7 Å². The van der Waals surface area contributed by atoms with Crippen molar-refractivity contribution in [1.29, 1.82) is 0 Å². The number of nitrogens with one attached hydrogen (secondary N) is 1. The van der Waals surface area contributed by atoms with Crippen LogP contribution in [0.4, 0.5) is 0 Å². The minimum Gasteiger partial charge on any atom is -0.480 e. The normalized spacial score (nSPS) is 31.9. The molecule has 2 unspecified atom stereocenters. The van der Waals surface area contributed by atoms with E-state index in [2.05, 4.69) is 10.2 Å². The summed E-state index contributed by atoms with van der Waals surface area (Å²) in [5.74, 6) is -0.765. The summed E-state index contributed by atoms with van der Waals surface area (Å²) in [6, 6.07) is 0.933. The van der Waals surface area contributed by atoms with Crippen LogP contribution in [0.1, 0.15) is 33.1 Å². The highest BCUT2D eigenvalue weighted by Gasteiger charge is 2.40. The Hall–Kier alpha value is -0.610. The van der Waals surface area contributed by atoms with E-state index in [1.54, 1.807) is 13.8 Å². The fraction of sp³-hybridized carbons (Fsp3) is 0.909. The van der Waals surface area contributed by atoms with Gasteiger partial charge in [-0.25, -0.2) is 0 Å². The monoisotopic (exact) mass is 212 g/mol. The van der Waals surface area contributed by atoms with E-state index in [9.17, 15) is 4.79 Å². The fourth-order valence-electron chi connectivity index (χ4n) is 2.78. The molecule has 0 amide bonds. The standard InChI is InChI=1S/C11H20N2O2/c1-11(2,10(14)15)12-8-5-7-13-6-3-4-9(8)13/h8-9,12H,3-7H2,1-2H3,(H,14,15). The Morgan fingerprint density at radius 1 is 1.40 bits per heavy atom. The van der Waals surface area contributed by atoms with Crippen LogP contribution >= 0.6 is 0 Å². The molecule has 86 valence electrons. The molecule has 2 fully saturated rings. The zero-order chi connectivity index (χ0) is 11.1. The molecule has 2 N–H and O–H groups in total. The van der Waals surface area contributed by atoms with E-state index < -0.39 is 11.5 Å². The molecule has 0 aromatic heterocycles. The first kappa shape index (κ1) is 10.9. The molecule has 2 aliphatic heterocycles. The van der Waals surface area contributed by atoms with Crippen LogP contribution in [0.3, 0.4) is 0 Å². The van der Waals surface area contributed by atoms with Gasteiger partial charge in [0.05, 0.1) is 0 Å². The summed E-state index contributed by atoms with van der Waals surface area (Å²) in [5.41, 5.74) is -0.802. The second-order valence-electron chi connectivity index (χ2n) is 5.22. The van der Waals surface area contributed by atoms with E-state index in [4.69, 9.17) is 5.11 Å². The Morgan fingerprint density at radius 2 is 2.13 bits per heavy atom. The number of nitrogens with zero attached hydrogens (tertiary/aromatic N) is 1. The van der Waals surface area contributed by atoms with Crippen LogP contribution in [0.15, 0.2) is 0 Å². The lowest BCUT2D eigenvalue weighted by molar-refractivity contribution is -0.143. The van der Waals surface area contributed by atoms with Crippen LogP contribution in [0.25, 0.3) is 0 Å². The predicted molar refractivity (Wildman–Crippen MR) is 57.9 cm³/mol. The van der Waals surface area contributed by atoms with Crippen LogP contribution in [0, 0.1) is 0 Å². The third-order valence-electron chi connectivity index (χ3n) is 3.69. The van der Waals surface area contributed by atoms with Crippen molar-refractivity contribution in [3.8, 4) is 0 Å². The molecule has 2 rings (SSSR count). The SMILES string of the molecule is CC(C)(NC1CCN2CCCC12)C(=O)O. The van der Waals surface area contributed by atoms with Crippen molar-refractivity contribution in [2.45, 2.75) is 50.7 Å². The average Bonchev–Trinajstić information content (AvgIpc) is 2.69. The largest absolute Gasteiger partial charge is 0.480 e. The Morgan fingerprint density at radius 3 is 2.80 bits per heavy atom. The molecule has 0 bridgehead atoms. The van der Waals surface area contributed by atoms with Crippen molar-refractivity contribution in [3.63, 3.8) is 0 Å². The molecule has 2 atom stereocenters. The first-order valence-corrected chi connectivity index (χ1v) is 5.76. The Bertz CT molecular complexity index is 265. The first-order valence-electron chi connectivity index (χ1n) is 5.76. The zero-order valence-electron chi connectivity index (χ0n) is 9.49. The predicted octanol–water partition coefficient (Wildman–Crippen LogP) is 0.676. The number of rotatable bonds is 3. The highest BCUT2D eigenvalue weighted by atomic mass is 16.4. The molecule has 0 spiro atoms. The summed E-state index contributed by atoms with van der Waals surface area (Å²) in [5, 5.41) is 12.4. The molecule has 0 aliphatic carbocycles. The minimum atomic E-state index is -0.802. The van der Waals surface area contributed by atoms with Gasteiger partial charge in [0.1, 0.15) is 5.54 Å². The van der Waals surface area contributed by atoms with Crippen LogP contribution in [0.2, 0.25) is 0 Å². The van der Waals surface area contributed by atoms with Crippen molar-refractivity contribution in [2.75, 3.05) is 13.1 Å². The van der Waals surface area contributed by atoms with Gasteiger partial charge >= 0.3 is 5.97 Å². The third-order valence-corrected chi connectivity index (χ3v) is 3.69. The summed E-state index contributed by atoms with van der Waals surface area (Å²) in [7, 11) is 0. The Kier molecular flexibility index (Phi) is 2.73. The van der Waals surface area contributed by atoms with Crippen molar-refractivity contribution in [3.05, 3.63) is 0 Å². The average molecular weight is 212 g/mol. The lowest BCUT2D eigenvalue weighted by atomic mass is 10.00. The summed E-state index contributed by atoms with van der Waals surface area (Å²) < 4.78 is 0. The van der Waals surface area contributed by atoms with Crippen LogP contribution in [-0.2, 0) is 4.79 Å². The van der Waals surface area contributed by atoms with E-state index >= 15 is 0 Å². The van der Waals surface area contributed by atoms with Crippen molar-refractivity contribution in [2.24, 2.45) is 0 Å².